The zero-order valence-electron chi connectivity index (χ0n) is 18.1. The van der Waals surface area contributed by atoms with Crippen molar-refractivity contribution in [2.24, 2.45) is 0 Å². The minimum atomic E-state index is -0.927. The molecule has 3 aromatic rings. The molecule has 1 N–H and O–H groups in total. The highest BCUT2D eigenvalue weighted by Gasteiger charge is 2.48. The van der Waals surface area contributed by atoms with Gasteiger partial charge >= 0.3 is 11.9 Å². The van der Waals surface area contributed by atoms with Crippen molar-refractivity contribution in [1.82, 2.24) is 4.98 Å². The molecule has 1 aliphatic rings. The number of methoxy groups -OCH3 is 2. The van der Waals surface area contributed by atoms with Crippen LogP contribution in [0.3, 0.4) is 0 Å². The van der Waals surface area contributed by atoms with Crippen LogP contribution >= 0.6 is 11.3 Å². The molecule has 0 radical (unpaired) electrons. The first-order chi connectivity index (χ1) is 15.9. The topological polar surface area (TPSA) is 106 Å². The van der Waals surface area contributed by atoms with Gasteiger partial charge in [-0.1, -0.05) is 41.7 Å². The molecule has 9 heteroatoms. The van der Waals surface area contributed by atoms with Crippen molar-refractivity contribution in [3.8, 4) is 5.75 Å². The molecule has 33 heavy (non-hydrogen) atoms. The number of benzene rings is 2. The van der Waals surface area contributed by atoms with Gasteiger partial charge in [0.05, 0.1) is 31.5 Å². The van der Waals surface area contributed by atoms with Gasteiger partial charge in [-0.15, -0.1) is 0 Å². The molecular formula is C24H20N2O6S. The summed E-state index contributed by atoms with van der Waals surface area (Å²) in [7, 11) is 2.78. The summed E-state index contributed by atoms with van der Waals surface area (Å²) in [6.45, 7) is 1.62. The lowest BCUT2D eigenvalue weighted by atomic mass is 9.95. The average molecular weight is 464 g/mol. The Hall–Kier alpha value is -3.98. The summed E-state index contributed by atoms with van der Waals surface area (Å²) < 4.78 is 9.94. The Bertz CT molecular complexity index is 1260. The molecule has 1 aromatic heterocycles. The molecule has 1 aliphatic heterocycles. The van der Waals surface area contributed by atoms with E-state index < -0.39 is 23.7 Å². The number of ether oxygens (including phenoxy) is 2. The minimum absolute atomic E-state index is 0.0659. The van der Waals surface area contributed by atoms with E-state index in [1.165, 1.54) is 19.1 Å². The van der Waals surface area contributed by atoms with E-state index in [0.717, 1.165) is 11.3 Å². The fraction of sp³-hybridized carbons (Fsp3) is 0.167. The number of ketones is 1. The molecule has 2 aromatic carbocycles. The minimum Gasteiger partial charge on any atom is -0.507 e. The van der Waals surface area contributed by atoms with Crippen molar-refractivity contribution < 1.29 is 29.0 Å². The van der Waals surface area contributed by atoms with Crippen LogP contribution in [0.4, 0.5) is 5.13 Å². The molecule has 4 rings (SSSR count). The van der Waals surface area contributed by atoms with Gasteiger partial charge in [0.15, 0.2) is 5.13 Å². The van der Waals surface area contributed by atoms with Crippen LogP contribution in [0.15, 0.2) is 60.2 Å². The van der Waals surface area contributed by atoms with Gasteiger partial charge in [0.2, 0.25) is 0 Å². The average Bonchev–Trinajstić information content (AvgIpc) is 3.35. The number of aliphatic hydroxyl groups is 1. The standard InChI is InChI=1S/C24H20N2O6S/c1-13-21(23(30)32-3)33-24(25-13)26-18(14-7-5-4-6-8-14)17(20(28)22(26)29)19(27)15-9-11-16(31-2)12-10-15/h4-12,18,27H,1-3H3/t18-/m1/s1. The maximum absolute atomic E-state index is 13.2. The van der Waals surface area contributed by atoms with Gasteiger partial charge in [-0.2, -0.15) is 0 Å². The van der Waals surface area contributed by atoms with Gasteiger partial charge in [-0.3, -0.25) is 14.5 Å². The second-order valence-electron chi connectivity index (χ2n) is 7.21. The Labute approximate surface area is 193 Å². The van der Waals surface area contributed by atoms with Crippen molar-refractivity contribution in [1.29, 1.82) is 0 Å². The molecule has 1 fully saturated rings. The molecule has 2 heterocycles. The summed E-state index contributed by atoms with van der Waals surface area (Å²) in [5.74, 6) is -2.00. The van der Waals surface area contributed by atoms with Gasteiger partial charge in [-0.05, 0) is 36.8 Å². The van der Waals surface area contributed by atoms with Crippen molar-refractivity contribution in [3.05, 3.63) is 81.9 Å². The molecule has 0 spiro atoms. The number of nitrogens with zero attached hydrogens (tertiary/aromatic N) is 2. The normalized spacial score (nSPS) is 17.3. The summed E-state index contributed by atoms with van der Waals surface area (Å²) in [6, 6.07) is 14.4. The quantitative estimate of drug-likeness (QED) is 0.264. The second kappa shape index (κ2) is 8.87. The Morgan fingerprint density at radius 1 is 1.06 bits per heavy atom. The molecule has 8 nitrogen and oxygen atoms in total. The number of amides is 1. The van der Waals surface area contributed by atoms with Crippen molar-refractivity contribution in [2.45, 2.75) is 13.0 Å². The third-order valence-electron chi connectivity index (χ3n) is 5.29. The van der Waals surface area contributed by atoms with Crippen LogP contribution in [0.1, 0.15) is 32.5 Å². The van der Waals surface area contributed by atoms with E-state index in [-0.39, 0.29) is 21.3 Å². The Balaban J connectivity index is 1.90. The summed E-state index contributed by atoms with van der Waals surface area (Å²) in [4.78, 5) is 44.2. The van der Waals surface area contributed by atoms with Crippen LogP contribution in [-0.4, -0.2) is 42.0 Å². The lowest BCUT2D eigenvalue weighted by molar-refractivity contribution is -0.132. The number of hydrogen-bond donors (Lipinski definition) is 1. The van der Waals surface area contributed by atoms with Crippen LogP contribution in [0.5, 0.6) is 5.75 Å². The summed E-state index contributed by atoms with van der Waals surface area (Å²) >= 11 is 0.955. The number of hydrogen-bond acceptors (Lipinski definition) is 8. The Morgan fingerprint density at radius 2 is 1.73 bits per heavy atom. The fourth-order valence-electron chi connectivity index (χ4n) is 3.65. The van der Waals surface area contributed by atoms with Crippen LogP contribution in [-0.2, 0) is 14.3 Å². The highest BCUT2D eigenvalue weighted by molar-refractivity contribution is 7.17. The van der Waals surface area contributed by atoms with Crippen molar-refractivity contribution >= 4 is 39.9 Å². The first kappa shape index (κ1) is 22.2. The predicted molar refractivity (Wildman–Crippen MR) is 122 cm³/mol. The van der Waals surface area contributed by atoms with Crippen LogP contribution in [0.25, 0.3) is 5.76 Å². The van der Waals surface area contributed by atoms with E-state index in [2.05, 4.69) is 4.98 Å². The zero-order chi connectivity index (χ0) is 23.7. The highest BCUT2D eigenvalue weighted by Crippen LogP contribution is 2.43. The van der Waals surface area contributed by atoms with E-state index in [0.29, 0.717) is 22.6 Å². The number of Topliss-reactive ketones (excluding diaryl/α,β-unsaturated/α-hetero) is 1. The van der Waals surface area contributed by atoms with Crippen molar-refractivity contribution in [3.63, 3.8) is 0 Å². The number of rotatable bonds is 5. The smallest absolute Gasteiger partial charge is 0.350 e. The predicted octanol–water partition coefficient (Wildman–Crippen LogP) is 3.87. The highest BCUT2D eigenvalue weighted by atomic mass is 32.1. The van der Waals surface area contributed by atoms with E-state index in [1.54, 1.807) is 55.5 Å². The number of aliphatic hydroxyl groups excluding tert-OH is 1. The zero-order valence-corrected chi connectivity index (χ0v) is 18.9. The molecule has 168 valence electrons. The largest absolute Gasteiger partial charge is 0.507 e. The second-order valence-corrected chi connectivity index (χ2v) is 8.19. The maximum atomic E-state index is 13.2. The number of carbonyl (C=O) groups is 3. The lowest BCUT2D eigenvalue weighted by Crippen LogP contribution is -2.29. The number of aromatic nitrogens is 1. The first-order valence-electron chi connectivity index (χ1n) is 9.93. The van der Waals surface area contributed by atoms with E-state index in [4.69, 9.17) is 9.47 Å². The molecule has 0 saturated carbocycles. The number of thiazole rings is 1. The number of carbonyl (C=O) groups excluding carboxylic acids is 3. The van der Waals surface area contributed by atoms with Gasteiger partial charge in [0.25, 0.3) is 5.78 Å². The molecule has 0 bridgehead atoms. The van der Waals surface area contributed by atoms with Crippen molar-refractivity contribution in [2.75, 3.05) is 19.1 Å². The van der Waals surface area contributed by atoms with Gasteiger partial charge in [0, 0.05) is 5.56 Å². The number of anilines is 1. The van der Waals surface area contributed by atoms with E-state index in [9.17, 15) is 19.5 Å². The number of esters is 1. The first-order valence-corrected chi connectivity index (χ1v) is 10.7. The molecule has 0 unspecified atom stereocenters. The summed E-state index contributed by atoms with van der Waals surface area (Å²) in [5, 5.41) is 11.3. The van der Waals surface area contributed by atoms with Crippen LogP contribution in [0.2, 0.25) is 0 Å². The molecule has 0 aliphatic carbocycles. The van der Waals surface area contributed by atoms with E-state index >= 15 is 0 Å². The SMILES string of the molecule is COC(=O)c1sc(N2C(=O)C(=O)C(=C(O)c3ccc(OC)cc3)[C@H]2c2ccccc2)nc1C. The van der Waals surface area contributed by atoms with Gasteiger partial charge in [0.1, 0.15) is 16.4 Å². The lowest BCUT2D eigenvalue weighted by Gasteiger charge is -2.23. The molecule has 1 atom stereocenters. The molecule has 1 amide bonds. The number of aryl methyl sites for hydroxylation is 1. The van der Waals surface area contributed by atoms with Gasteiger partial charge < -0.3 is 14.6 Å². The molecular weight excluding hydrogens is 444 g/mol. The third kappa shape index (κ3) is 3.87. The summed E-state index contributed by atoms with van der Waals surface area (Å²) in [5.41, 5.74) is 1.29. The monoisotopic (exact) mass is 464 g/mol. The van der Waals surface area contributed by atoms with Crippen LogP contribution in [0, 0.1) is 6.92 Å². The third-order valence-corrected chi connectivity index (χ3v) is 6.42. The maximum Gasteiger partial charge on any atom is 0.350 e. The molecule has 1 saturated heterocycles. The van der Waals surface area contributed by atoms with Gasteiger partial charge in [-0.25, -0.2) is 9.78 Å². The summed E-state index contributed by atoms with van der Waals surface area (Å²) in [6.07, 6.45) is 0. The Kier molecular flexibility index (Phi) is 5.97. The fourth-order valence-corrected chi connectivity index (χ4v) is 4.66. The van der Waals surface area contributed by atoms with E-state index in [1.807, 2.05) is 6.07 Å². The van der Waals surface area contributed by atoms with Crippen LogP contribution < -0.4 is 9.64 Å². The Morgan fingerprint density at radius 3 is 2.33 bits per heavy atom.